The van der Waals surface area contributed by atoms with E-state index in [9.17, 15) is 14.4 Å². The minimum Gasteiger partial charge on any atom is -0.349 e. The molecule has 1 aliphatic rings. The molecule has 0 spiro atoms. The van der Waals surface area contributed by atoms with Crippen LogP contribution < -0.4 is 5.32 Å². The number of hydrogen-bond acceptors (Lipinski definition) is 5. The Morgan fingerprint density at radius 1 is 1.25 bits per heavy atom. The Morgan fingerprint density at radius 2 is 2.04 bits per heavy atom. The number of rotatable bonds is 5. The summed E-state index contributed by atoms with van der Waals surface area (Å²) in [5, 5.41) is 8.53. The van der Waals surface area contributed by atoms with Gasteiger partial charge in [0.2, 0.25) is 0 Å². The molecular weight excluding hydrogens is 328 g/mol. The molecule has 2 heterocycles. The number of amides is 3. The average Bonchev–Trinajstić information content (AvgIpc) is 3.20. The van der Waals surface area contributed by atoms with Gasteiger partial charge >= 0.3 is 0 Å². The van der Waals surface area contributed by atoms with E-state index in [0.717, 1.165) is 22.2 Å². The molecule has 7 nitrogen and oxygen atoms in total. The average molecular weight is 342 g/mol. The van der Waals surface area contributed by atoms with E-state index in [1.165, 1.54) is 12.3 Å². The summed E-state index contributed by atoms with van der Waals surface area (Å²) >= 11 is 0.903. The minimum absolute atomic E-state index is 0.122. The number of carbonyl (C=O) groups is 3. The summed E-state index contributed by atoms with van der Waals surface area (Å²) in [4.78, 5) is 37.6. The molecule has 1 saturated heterocycles. The number of H-pyrrole nitrogens is 1. The first-order chi connectivity index (χ1) is 11.6. The van der Waals surface area contributed by atoms with Gasteiger partial charge in [0.1, 0.15) is 5.69 Å². The number of thioether (sulfide) groups is 1. The van der Waals surface area contributed by atoms with Crippen LogP contribution in [0, 0.1) is 0 Å². The largest absolute Gasteiger partial charge is 0.349 e. The van der Waals surface area contributed by atoms with Crippen molar-refractivity contribution in [2.24, 2.45) is 0 Å². The Hall–Kier alpha value is -2.87. The second-order valence-electron chi connectivity index (χ2n) is 4.97. The van der Waals surface area contributed by atoms with E-state index in [1.54, 1.807) is 6.08 Å². The van der Waals surface area contributed by atoms with E-state index in [1.807, 2.05) is 30.3 Å². The molecule has 2 aromatic rings. The van der Waals surface area contributed by atoms with Crippen molar-refractivity contribution < 1.29 is 14.4 Å². The molecule has 1 fully saturated rings. The predicted molar refractivity (Wildman–Crippen MR) is 90.0 cm³/mol. The van der Waals surface area contributed by atoms with E-state index in [0.29, 0.717) is 10.6 Å². The molecule has 0 unspecified atom stereocenters. The number of aromatic amines is 1. The van der Waals surface area contributed by atoms with Gasteiger partial charge < -0.3 is 5.32 Å². The molecule has 0 bridgehead atoms. The Bertz CT molecular complexity index is 787. The number of aromatic nitrogens is 2. The lowest BCUT2D eigenvalue weighted by Crippen LogP contribution is -2.37. The van der Waals surface area contributed by atoms with Crippen LogP contribution in [-0.2, 0) is 4.79 Å². The van der Waals surface area contributed by atoms with E-state index in [-0.39, 0.29) is 30.1 Å². The van der Waals surface area contributed by atoms with Gasteiger partial charge in [0.05, 0.1) is 4.91 Å². The van der Waals surface area contributed by atoms with Crippen molar-refractivity contribution in [1.29, 1.82) is 0 Å². The molecule has 122 valence electrons. The summed E-state index contributed by atoms with van der Waals surface area (Å²) in [6.45, 7) is 0.297. The predicted octanol–water partition coefficient (Wildman–Crippen LogP) is 1.88. The number of imide groups is 1. The fourth-order valence-corrected chi connectivity index (χ4v) is 3.02. The molecule has 24 heavy (non-hydrogen) atoms. The number of nitrogens with one attached hydrogen (secondary N) is 2. The summed E-state index contributed by atoms with van der Waals surface area (Å²) in [7, 11) is 0. The SMILES string of the molecule is O=C(NCCN1C(=O)S/C(=C\c2ccccc2)C1=O)c1ccn[nH]1. The van der Waals surface area contributed by atoms with E-state index >= 15 is 0 Å². The Kier molecular flexibility index (Phi) is 4.76. The van der Waals surface area contributed by atoms with Crippen molar-refractivity contribution in [3.05, 3.63) is 58.8 Å². The molecule has 1 aromatic heterocycles. The molecule has 8 heteroatoms. The van der Waals surface area contributed by atoms with Crippen molar-refractivity contribution in [1.82, 2.24) is 20.4 Å². The minimum atomic E-state index is -0.343. The lowest BCUT2D eigenvalue weighted by Gasteiger charge is -2.12. The lowest BCUT2D eigenvalue weighted by atomic mass is 10.2. The van der Waals surface area contributed by atoms with Crippen LogP contribution in [0.4, 0.5) is 4.79 Å². The Balaban J connectivity index is 1.59. The molecule has 1 aliphatic heterocycles. The molecule has 0 radical (unpaired) electrons. The summed E-state index contributed by atoms with van der Waals surface area (Å²) in [6.07, 6.45) is 3.16. The summed E-state index contributed by atoms with van der Waals surface area (Å²) in [6, 6.07) is 10.9. The van der Waals surface area contributed by atoms with Crippen molar-refractivity contribution in [3.63, 3.8) is 0 Å². The maximum atomic E-state index is 12.3. The van der Waals surface area contributed by atoms with Gasteiger partial charge in [0, 0.05) is 19.3 Å². The highest BCUT2D eigenvalue weighted by atomic mass is 32.2. The molecule has 1 aromatic carbocycles. The van der Waals surface area contributed by atoms with E-state index in [4.69, 9.17) is 0 Å². The van der Waals surface area contributed by atoms with Crippen LogP contribution in [-0.4, -0.2) is 45.2 Å². The van der Waals surface area contributed by atoms with Crippen LogP contribution in [0.2, 0.25) is 0 Å². The zero-order valence-electron chi connectivity index (χ0n) is 12.6. The third kappa shape index (κ3) is 3.54. The quantitative estimate of drug-likeness (QED) is 0.809. The Morgan fingerprint density at radius 3 is 2.75 bits per heavy atom. The van der Waals surface area contributed by atoms with Crippen LogP contribution in [0.1, 0.15) is 16.1 Å². The summed E-state index contributed by atoms with van der Waals surface area (Å²) in [5.41, 5.74) is 1.18. The normalized spacial score (nSPS) is 16.0. The van der Waals surface area contributed by atoms with Gasteiger partial charge in [-0.15, -0.1) is 0 Å². The fourth-order valence-electron chi connectivity index (χ4n) is 2.15. The van der Waals surface area contributed by atoms with Crippen LogP contribution in [0.3, 0.4) is 0 Å². The highest BCUT2D eigenvalue weighted by molar-refractivity contribution is 8.18. The van der Waals surface area contributed by atoms with Crippen LogP contribution in [0.25, 0.3) is 6.08 Å². The van der Waals surface area contributed by atoms with Gasteiger partial charge in [-0.1, -0.05) is 30.3 Å². The van der Waals surface area contributed by atoms with Crippen molar-refractivity contribution in [2.75, 3.05) is 13.1 Å². The van der Waals surface area contributed by atoms with Crippen LogP contribution >= 0.6 is 11.8 Å². The highest BCUT2D eigenvalue weighted by Crippen LogP contribution is 2.31. The maximum absolute atomic E-state index is 12.3. The third-order valence-electron chi connectivity index (χ3n) is 3.34. The first kappa shape index (κ1) is 16.0. The summed E-state index contributed by atoms with van der Waals surface area (Å²) in [5.74, 6) is -0.677. The monoisotopic (exact) mass is 342 g/mol. The van der Waals surface area contributed by atoms with Gasteiger partial charge in [-0.3, -0.25) is 24.4 Å². The van der Waals surface area contributed by atoms with Gasteiger partial charge in [-0.2, -0.15) is 5.10 Å². The van der Waals surface area contributed by atoms with Gasteiger partial charge in [-0.05, 0) is 29.5 Å². The standard InChI is InChI=1S/C16H14N4O3S/c21-14(12-6-7-18-19-12)17-8-9-20-15(22)13(24-16(20)23)10-11-4-2-1-3-5-11/h1-7,10H,8-9H2,(H,17,21)(H,18,19)/b13-10-. The number of nitrogens with zero attached hydrogens (tertiary/aromatic N) is 2. The van der Waals surface area contributed by atoms with Crippen LogP contribution in [0.15, 0.2) is 47.5 Å². The summed E-state index contributed by atoms with van der Waals surface area (Å²) < 4.78 is 0. The zero-order chi connectivity index (χ0) is 16.9. The first-order valence-corrected chi connectivity index (χ1v) is 8.05. The molecule has 3 rings (SSSR count). The second-order valence-corrected chi connectivity index (χ2v) is 5.96. The Labute approximate surface area is 142 Å². The van der Waals surface area contributed by atoms with Crippen molar-refractivity contribution in [3.8, 4) is 0 Å². The highest BCUT2D eigenvalue weighted by Gasteiger charge is 2.34. The number of hydrogen-bond donors (Lipinski definition) is 2. The molecule has 0 saturated carbocycles. The lowest BCUT2D eigenvalue weighted by molar-refractivity contribution is -0.122. The van der Waals surface area contributed by atoms with Crippen LogP contribution in [0.5, 0.6) is 0 Å². The molecule has 0 aliphatic carbocycles. The first-order valence-electron chi connectivity index (χ1n) is 7.23. The zero-order valence-corrected chi connectivity index (χ0v) is 13.4. The van der Waals surface area contributed by atoms with Gasteiger partial charge in [-0.25, -0.2) is 0 Å². The molecule has 3 amide bonds. The number of carbonyl (C=O) groups excluding carboxylic acids is 3. The van der Waals surface area contributed by atoms with Gasteiger partial charge in [0.15, 0.2) is 0 Å². The molecule has 0 atom stereocenters. The number of benzene rings is 1. The third-order valence-corrected chi connectivity index (χ3v) is 4.24. The van der Waals surface area contributed by atoms with Crippen molar-refractivity contribution >= 4 is 34.9 Å². The maximum Gasteiger partial charge on any atom is 0.293 e. The van der Waals surface area contributed by atoms with Crippen molar-refractivity contribution in [2.45, 2.75) is 0 Å². The van der Waals surface area contributed by atoms with Gasteiger partial charge in [0.25, 0.3) is 17.1 Å². The van der Waals surface area contributed by atoms with E-state index < -0.39 is 0 Å². The molecule has 2 N–H and O–H groups in total. The topological polar surface area (TPSA) is 95.2 Å². The smallest absolute Gasteiger partial charge is 0.293 e. The van der Waals surface area contributed by atoms with E-state index in [2.05, 4.69) is 15.5 Å². The second kappa shape index (κ2) is 7.14. The molecular formula is C16H14N4O3S. The fraction of sp³-hybridized carbons (Fsp3) is 0.125.